The lowest BCUT2D eigenvalue weighted by molar-refractivity contribution is 0.0979. The Hall–Kier alpha value is -4.38. The van der Waals surface area contributed by atoms with Gasteiger partial charge in [0, 0.05) is 24.5 Å². The summed E-state index contributed by atoms with van der Waals surface area (Å²) in [7, 11) is -4.21. The van der Waals surface area contributed by atoms with Gasteiger partial charge < -0.3 is 5.32 Å². The lowest BCUT2D eigenvalue weighted by atomic mass is 9.92. The molecule has 2 amide bonds. The molecular weight excluding hydrogens is 518 g/mol. The second kappa shape index (κ2) is 10.8. The molecule has 11 heteroatoms. The van der Waals surface area contributed by atoms with Gasteiger partial charge in [-0.3, -0.25) is 23.9 Å². The number of hydrogen-bond donors (Lipinski definition) is 2. The number of nitrogens with one attached hydrogen (secondary N) is 2. The molecule has 2 N–H and O–H groups in total. The topological polar surface area (TPSA) is 140 Å². The van der Waals surface area contributed by atoms with Gasteiger partial charge in [-0.15, -0.1) is 0 Å². The van der Waals surface area contributed by atoms with Crippen molar-refractivity contribution < 1.29 is 18.0 Å². The Bertz CT molecular complexity index is 1730. The zero-order chi connectivity index (χ0) is 28.4. The predicted octanol–water partition coefficient (Wildman–Crippen LogP) is 3.91. The summed E-state index contributed by atoms with van der Waals surface area (Å²) in [5.74, 6) is -1.35. The van der Waals surface area contributed by atoms with Crippen molar-refractivity contribution in [3.63, 3.8) is 0 Å². The number of pyridine rings is 1. The second-order valence-corrected chi connectivity index (χ2v) is 12.0. The summed E-state index contributed by atoms with van der Waals surface area (Å²) >= 11 is 0. The third kappa shape index (κ3) is 6.37. The Balaban J connectivity index is 1.58. The largest absolute Gasteiger partial charge is 0.321 e. The molecule has 0 saturated carbocycles. The number of aromatic nitrogens is 3. The molecule has 4 rings (SSSR count). The fourth-order valence-corrected chi connectivity index (χ4v) is 5.14. The third-order valence-corrected chi connectivity index (χ3v) is 7.57. The smallest absolute Gasteiger partial charge is 0.266 e. The molecule has 0 aliphatic rings. The zero-order valence-corrected chi connectivity index (χ0v) is 22.9. The van der Waals surface area contributed by atoms with E-state index in [4.69, 9.17) is 0 Å². The number of sulfonamides is 1. The number of rotatable bonds is 7. The maximum atomic E-state index is 13.3. The molecule has 0 bridgehead atoms. The van der Waals surface area contributed by atoms with Gasteiger partial charge in [0.25, 0.3) is 27.4 Å². The number of amides is 2. The summed E-state index contributed by atoms with van der Waals surface area (Å²) in [5, 5.41) is 3.05. The quantitative estimate of drug-likeness (QED) is 0.357. The van der Waals surface area contributed by atoms with E-state index < -0.39 is 21.8 Å². The molecule has 4 aromatic rings. The molecule has 39 heavy (non-hydrogen) atoms. The molecule has 0 atom stereocenters. The molecule has 2 aromatic heterocycles. The van der Waals surface area contributed by atoms with Crippen LogP contribution in [0.1, 0.15) is 53.5 Å². The van der Waals surface area contributed by atoms with Gasteiger partial charge in [-0.2, -0.15) is 0 Å². The van der Waals surface area contributed by atoms with Gasteiger partial charge in [0.1, 0.15) is 0 Å². The Labute approximate surface area is 226 Å². The average Bonchev–Trinajstić information content (AvgIpc) is 2.88. The molecule has 0 aliphatic carbocycles. The first kappa shape index (κ1) is 27.6. The third-order valence-electron chi connectivity index (χ3n) is 6.08. The Morgan fingerprint density at radius 2 is 1.77 bits per heavy atom. The first-order valence-electron chi connectivity index (χ1n) is 12.2. The van der Waals surface area contributed by atoms with Crippen molar-refractivity contribution in [3.05, 3.63) is 94.3 Å². The molecule has 10 nitrogen and oxygen atoms in total. The first-order valence-corrected chi connectivity index (χ1v) is 13.7. The van der Waals surface area contributed by atoms with Crippen LogP contribution in [0.3, 0.4) is 0 Å². The van der Waals surface area contributed by atoms with Crippen molar-refractivity contribution in [2.75, 3.05) is 5.32 Å². The Kier molecular flexibility index (Phi) is 7.64. The summed E-state index contributed by atoms with van der Waals surface area (Å²) in [6.45, 7) is 8.28. The summed E-state index contributed by atoms with van der Waals surface area (Å²) < 4.78 is 29.2. The molecule has 0 saturated heterocycles. The minimum atomic E-state index is -4.21. The normalized spacial score (nSPS) is 11.8. The maximum absolute atomic E-state index is 13.3. The van der Waals surface area contributed by atoms with E-state index in [0.29, 0.717) is 17.7 Å². The van der Waals surface area contributed by atoms with E-state index in [2.05, 4.69) is 36.1 Å². The van der Waals surface area contributed by atoms with E-state index in [1.165, 1.54) is 60.5 Å². The number of fused-ring (bicyclic) bond motifs is 1. The van der Waals surface area contributed by atoms with Gasteiger partial charge in [-0.05, 0) is 66.8 Å². The van der Waals surface area contributed by atoms with Crippen LogP contribution in [-0.4, -0.2) is 34.8 Å². The van der Waals surface area contributed by atoms with Gasteiger partial charge in [-0.25, -0.2) is 18.1 Å². The van der Waals surface area contributed by atoms with Crippen LogP contribution >= 0.6 is 0 Å². The van der Waals surface area contributed by atoms with Gasteiger partial charge >= 0.3 is 0 Å². The molecule has 0 radical (unpaired) electrons. The molecule has 2 aromatic carbocycles. The van der Waals surface area contributed by atoms with Crippen LogP contribution in [0, 0.1) is 12.3 Å². The first-order chi connectivity index (χ1) is 18.4. The van der Waals surface area contributed by atoms with Crippen LogP contribution < -0.4 is 15.6 Å². The molecule has 0 spiro atoms. The van der Waals surface area contributed by atoms with E-state index in [1.54, 1.807) is 18.2 Å². The van der Waals surface area contributed by atoms with E-state index in [1.807, 2.05) is 4.72 Å². The van der Waals surface area contributed by atoms with Crippen LogP contribution in [0.2, 0.25) is 0 Å². The Morgan fingerprint density at radius 3 is 2.44 bits per heavy atom. The van der Waals surface area contributed by atoms with Crippen molar-refractivity contribution in [1.29, 1.82) is 0 Å². The lowest BCUT2D eigenvalue weighted by Gasteiger charge is -2.18. The van der Waals surface area contributed by atoms with Gasteiger partial charge in [0.05, 0.1) is 33.4 Å². The van der Waals surface area contributed by atoms with Gasteiger partial charge in [0.2, 0.25) is 0 Å². The number of anilines is 1. The molecule has 202 valence electrons. The van der Waals surface area contributed by atoms with E-state index in [-0.39, 0.29) is 37.9 Å². The summed E-state index contributed by atoms with van der Waals surface area (Å²) in [6, 6.07) is 12.0. The lowest BCUT2D eigenvalue weighted by Crippen LogP contribution is -2.31. The maximum Gasteiger partial charge on any atom is 0.266 e. The number of carbonyl (C=O) groups excluding carboxylic acids is 2. The minimum Gasteiger partial charge on any atom is -0.321 e. The van der Waals surface area contributed by atoms with Crippen molar-refractivity contribution in [2.24, 2.45) is 5.41 Å². The van der Waals surface area contributed by atoms with Crippen molar-refractivity contribution >= 4 is 38.4 Å². The van der Waals surface area contributed by atoms with E-state index in [9.17, 15) is 22.8 Å². The zero-order valence-electron chi connectivity index (χ0n) is 22.1. The van der Waals surface area contributed by atoms with Crippen LogP contribution in [0.25, 0.3) is 10.9 Å². The minimum absolute atomic E-state index is 0.0290. The fraction of sp³-hybridized carbons (Fsp3) is 0.250. The molecule has 0 unspecified atom stereocenters. The number of carbonyl (C=O) groups is 2. The van der Waals surface area contributed by atoms with E-state index in [0.717, 1.165) is 6.42 Å². The van der Waals surface area contributed by atoms with Crippen molar-refractivity contribution in [2.45, 2.75) is 45.6 Å². The summed E-state index contributed by atoms with van der Waals surface area (Å²) in [4.78, 5) is 46.8. The highest BCUT2D eigenvalue weighted by Gasteiger charge is 2.22. The monoisotopic (exact) mass is 547 g/mol. The van der Waals surface area contributed by atoms with Gasteiger partial charge in [0.15, 0.2) is 0 Å². The Morgan fingerprint density at radius 1 is 1.00 bits per heavy atom. The highest BCUT2D eigenvalue weighted by Crippen LogP contribution is 2.23. The van der Waals surface area contributed by atoms with Crippen LogP contribution in [0.15, 0.2) is 76.9 Å². The fourth-order valence-electron chi connectivity index (χ4n) is 3.94. The van der Waals surface area contributed by atoms with E-state index >= 15 is 0 Å². The molecule has 0 aliphatic heterocycles. The number of aryl methyl sites for hydroxylation is 2. The van der Waals surface area contributed by atoms with Crippen LogP contribution in [0.5, 0.6) is 0 Å². The van der Waals surface area contributed by atoms with Crippen LogP contribution in [-0.2, 0) is 16.6 Å². The molecular formula is C28H29N5O5S. The highest BCUT2D eigenvalue weighted by molar-refractivity contribution is 7.90. The van der Waals surface area contributed by atoms with Crippen LogP contribution in [0.4, 0.5) is 5.69 Å². The van der Waals surface area contributed by atoms with Crippen molar-refractivity contribution in [3.8, 4) is 0 Å². The standard InChI is InChI=1S/C28H29N5O5S/c1-18-15-19(10-11-23(18)39(37,38)32-26(35)20-7-6-13-29-16-20)25(34)31-22-9-5-8-21-24(22)27(36)33(17-30-21)14-12-28(2,3)4/h5-11,13,15-17H,12,14H2,1-4H3,(H,31,34)(H,32,35). The SMILES string of the molecule is Cc1cc(C(=O)Nc2cccc3ncn(CCC(C)(C)C)c(=O)c23)ccc1S(=O)(=O)NC(=O)c1cccnc1. The number of hydrogen-bond acceptors (Lipinski definition) is 7. The van der Waals surface area contributed by atoms with Crippen molar-refractivity contribution in [1.82, 2.24) is 19.3 Å². The highest BCUT2D eigenvalue weighted by atomic mass is 32.2. The predicted molar refractivity (Wildman–Crippen MR) is 148 cm³/mol. The molecule has 0 fully saturated rings. The number of nitrogens with zero attached hydrogens (tertiary/aromatic N) is 3. The summed E-state index contributed by atoms with van der Waals surface area (Å²) in [5.41, 5.74) is 1.06. The van der Waals surface area contributed by atoms with Gasteiger partial charge in [-0.1, -0.05) is 26.8 Å². The summed E-state index contributed by atoms with van der Waals surface area (Å²) in [6.07, 6.45) is 5.01. The average molecular weight is 548 g/mol. The molecule has 2 heterocycles. The second-order valence-electron chi connectivity index (χ2n) is 10.4. The number of benzene rings is 2.